The highest BCUT2D eigenvalue weighted by atomic mass is 19.3. The summed E-state index contributed by atoms with van der Waals surface area (Å²) in [6, 6.07) is 6.49. The Labute approximate surface area is 183 Å². The summed E-state index contributed by atoms with van der Waals surface area (Å²) in [5, 5.41) is 11.8. The summed E-state index contributed by atoms with van der Waals surface area (Å²) in [4.78, 5) is 4.18. The van der Waals surface area contributed by atoms with Crippen molar-refractivity contribution >= 4 is 18.2 Å². The van der Waals surface area contributed by atoms with Gasteiger partial charge in [-0.2, -0.15) is 5.10 Å². The first kappa shape index (κ1) is 21.0. The van der Waals surface area contributed by atoms with Gasteiger partial charge in [-0.3, -0.25) is 4.90 Å². The molecule has 5 nitrogen and oxygen atoms in total. The van der Waals surface area contributed by atoms with Crippen LogP contribution >= 0.6 is 0 Å². The van der Waals surface area contributed by atoms with Gasteiger partial charge in [0.25, 0.3) is 5.92 Å². The number of hydrogen-bond donors (Lipinski definition) is 1. The van der Waals surface area contributed by atoms with Gasteiger partial charge in [0.1, 0.15) is 5.84 Å². The molecule has 2 aliphatic carbocycles. The first-order valence-electron chi connectivity index (χ1n) is 11.7. The van der Waals surface area contributed by atoms with Crippen molar-refractivity contribution in [1.29, 1.82) is 0 Å². The van der Waals surface area contributed by atoms with Crippen molar-refractivity contribution in [3.05, 3.63) is 29.3 Å². The van der Waals surface area contributed by atoms with Gasteiger partial charge in [0, 0.05) is 57.0 Å². The summed E-state index contributed by atoms with van der Waals surface area (Å²) < 4.78 is 29.3. The van der Waals surface area contributed by atoms with E-state index in [1.54, 1.807) is 0 Å². The zero-order valence-electron chi connectivity index (χ0n) is 18.4. The molecule has 0 bridgehead atoms. The molecule has 1 N–H and O–H groups in total. The first-order valence-corrected chi connectivity index (χ1v) is 11.7. The monoisotopic (exact) mass is 429 g/mol. The molecule has 168 valence electrons. The second-order valence-corrected chi connectivity index (χ2v) is 10.0. The maximum absolute atomic E-state index is 14.6. The molecular weight excluding hydrogens is 396 g/mol. The van der Waals surface area contributed by atoms with E-state index >= 15 is 0 Å². The van der Waals surface area contributed by atoms with E-state index in [2.05, 4.69) is 52.3 Å². The smallest absolute Gasteiger partial charge is 0.263 e. The van der Waals surface area contributed by atoms with Gasteiger partial charge in [-0.25, -0.2) is 8.78 Å². The number of benzene rings is 1. The van der Waals surface area contributed by atoms with Gasteiger partial charge in [-0.05, 0) is 54.7 Å². The molecule has 1 saturated heterocycles. The van der Waals surface area contributed by atoms with E-state index in [4.69, 9.17) is 0 Å². The van der Waals surface area contributed by atoms with E-state index in [9.17, 15) is 8.78 Å². The van der Waals surface area contributed by atoms with Gasteiger partial charge in [0.05, 0.1) is 6.54 Å². The molecule has 4 aliphatic rings. The Morgan fingerprint density at radius 1 is 1.26 bits per heavy atom. The van der Waals surface area contributed by atoms with Crippen molar-refractivity contribution in [3.63, 3.8) is 0 Å². The van der Waals surface area contributed by atoms with Gasteiger partial charge in [0.2, 0.25) is 0 Å². The van der Waals surface area contributed by atoms with Crippen LogP contribution in [-0.4, -0.2) is 56.1 Å². The van der Waals surface area contributed by atoms with E-state index in [-0.39, 0.29) is 6.54 Å². The maximum atomic E-state index is 14.6. The minimum absolute atomic E-state index is 0.161. The quantitative estimate of drug-likeness (QED) is 0.423. The van der Waals surface area contributed by atoms with Gasteiger partial charge in [-0.1, -0.05) is 19.1 Å². The van der Waals surface area contributed by atoms with Crippen LogP contribution in [0.1, 0.15) is 43.7 Å². The van der Waals surface area contributed by atoms with E-state index in [0.29, 0.717) is 43.8 Å². The normalized spacial score (nSPS) is 24.4. The number of alkyl halides is 2. The third-order valence-corrected chi connectivity index (χ3v) is 7.66. The molecule has 7 heteroatoms. The molecule has 31 heavy (non-hydrogen) atoms. The van der Waals surface area contributed by atoms with Gasteiger partial charge in [-0.15, -0.1) is 5.10 Å². The van der Waals surface area contributed by atoms with Crippen LogP contribution in [-0.2, 0) is 13.0 Å². The molecule has 0 aromatic heterocycles. The molecule has 2 saturated carbocycles. The summed E-state index contributed by atoms with van der Waals surface area (Å²) in [5.41, 5.74) is 3.85. The molecule has 0 amide bonds. The van der Waals surface area contributed by atoms with Crippen LogP contribution < -0.4 is 10.2 Å². The predicted octanol–water partition coefficient (Wildman–Crippen LogP) is 3.93. The number of nitrogens with zero attached hydrogens (tertiary/aromatic N) is 4. The summed E-state index contributed by atoms with van der Waals surface area (Å²) in [7, 11) is 0. The molecule has 2 heterocycles. The van der Waals surface area contributed by atoms with Crippen molar-refractivity contribution < 1.29 is 8.78 Å². The van der Waals surface area contributed by atoms with E-state index < -0.39 is 11.8 Å². The zero-order chi connectivity index (χ0) is 21.6. The second-order valence-electron chi connectivity index (χ2n) is 10.0. The third kappa shape index (κ3) is 4.02. The van der Waals surface area contributed by atoms with Gasteiger partial charge in [0.15, 0.2) is 0 Å². The first-order chi connectivity index (χ1) is 14.9. The van der Waals surface area contributed by atoms with E-state index in [1.807, 2.05) is 4.90 Å². The molecular formula is C24H33F2N5. The highest BCUT2D eigenvalue weighted by molar-refractivity contribution is 6.01. The Kier molecular flexibility index (Phi) is 5.37. The summed E-state index contributed by atoms with van der Waals surface area (Å²) in [6.45, 7) is 9.54. The lowest BCUT2D eigenvalue weighted by Gasteiger charge is -2.55. The number of rotatable bonds is 6. The van der Waals surface area contributed by atoms with Crippen LogP contribution in [0.15, 0.2) is 28.4 Å². The number of amidine groups is 1. The molecule has 0 unspecified atom stereocenters. The number of hydrogen-bond acceptors (Lipinski definition) is 4. The SMILES string of the molecule is C=N/N=C(/C1CC2(CNC2)C1)N1CCN(CC(F)(F)C2CC2)Cc2cc(CC)ccc21. The topological polar surface area (TPSA) is 43.2 Å². The second kappa shape index (κ2) is 7.93. The van der Waals surface area contributed by atoms with Crippen molar-refractivity contribution in [3.8, 4) is 0 Å². The Morgan fingerprint density at radius 3 is 2.65 bits per heavy atom. The van der Waals surface area contributed by atoms with Gasteiger partial charge >= 0.3 is 0 Å². The maximum Gasteiger partial charge on any atom is 0.263 e. The lowest BCUT2D eigenvalue weighted by molar-refractivity contribution is -0.0527. The van der Waals surface area contributed by atoms with Crippen molar-refractivity contribution in [2.45, 2.75) is 51.5 Å². The number of fused-ring (bicyclic) bond motifs is 1. The van der Waals surface area contributed by atoms with Crippen LogP contribution in [0.25, 0.3) is 0 Å². The molecule has 1 spiro atoms. The number of halogens is 2. The Bertz CT molecular complexity index is 867. The number of nitrogens with one attached hydrogen (secondary N) is 1. The lowest BCUT2D eigenvalue weighted by Crippen LogP contribution is -2.62. The van der Waals surface area contributed by atoms with Crippen molar-refractivity contribution in [2.24, 2.45) is 27.5 Å². The minimum Gasteiger partial charge on any atom is -0.327 e. The highest BCUT2D eigenvalue weighted by Gasteiger charge is 2.51. The third-order valence-electron chi connectivity index (χ3n) is 7.66. The van der Waals surface area contributed by atoms with Crippen LogP contribution in [0.3, 0.4) is 0 Å². The number of anilines is 1. The fourth-order valence-electron chi connectivity index (χ4n) is 5.60. The molecule has 1 aromatic rings. The standard InChI is InChI=1S/C24H33F2N5/c1-3-17-4-7-21-18(10-17)13-30(16-24(25,26)20-5-6-20)8-9-31(21)22(29-27-2)19-11-23(12-19)14-28-15-23/h4,7,10,19-20,28H,2-3,5-6,8-9,11-16H2,1H3/b29-22-. The lowest BCUT2D eigenvalue weighted by atomic mass is 9.58. The van der Waals surface area contributed by atoms with Gasteiger partial charge < -0.3 is 10.2 Å². The fraction of sp³-hybridized carbons (Fsp3) is 0.667. The molecule has 0 radical (unpaired) electrons. The predicted molar refractivity (Wildman–Crippen MR) is 121 cm³/mol. The molecule has 5 rings (SSSR count). The molecule has 0 atom stereocenters. The largest absolute Gasteiger partial charge is 0.327 e. The summed E-state index contributed by atoms with van der Waals surface area (Å²) in [5.74, 6) is -1.73. The zero-order valence-corrected chi connectivity index (χ0v) is 18.4. The molecule has 2 aliphatic heterocycles. The minimum atomic E-state index is -2.60. The van der Waals surface area contributed by atoms with Crippen molar-refractivity contribution in [1.82, 2.24) is 10.2 Å². The highest BCUT2D eigenvalue weighted by Crippen LogP contribution is 2.50. The van der Waals surface area contributed by atoms with Crippen LogP contribution in [0, 0.1) is 17.3 Å². The van der Waals surface area contributed by atoms with E-state index in [0.717, 1.165) is 49.4 Å². The molecule has 1 aromatic carbocycles. The summed E-state index contributed by atoms with van der Waals surface area (Å²) in [6.07, 6.45) is 4.46. The Hall–Kier alpha value is -1.86. The average molecular weight is 430 g/mol. The van der Waals surface area contributed by atoms with Crippen molar-refractivity contribution in [2.75, 3.05) is 37.6 Å². The summed E-state index contributed by atoms with van der Waals surface area (Å²) >= 11 is 0. The number of aryl methyl sites for hydroxylation is 1. The molecule has 3 fully saturated rings. The Balaban J connectivity index is 1.42. The van der Waals surface area contributed by atoms with Crippen LogP contribution in [0.5, 0.6) is 0 Å². The van der Waals surface area contributed by atoms with Crippen LogP contribution in [0.4, 0.5) is 14.5 Å². The van der Waals surface area contributed by atoms with Crippen LogP contribution in [0.2, 0.25) is 0 Å². The average Bonchev–Trinajstić information content (AvgIpc) is 3.52. The van der Waals surface area contributed by atoms with E-state index in [1.165, 1.54) is 5.56 Å². The fourth-order valence-corrected chi connectivity index (χ4v) is 5.60. The Morgan fingerprint density at radius 2 is 2.03 bits per heavy atom.